The van der Waals surface area contributed by atoms with Gasteiger partial charge in [-0.15, -0.1) is 0 Å². The molecule has 0 saturated carbocycles. The van der Waals surface area contributed by atoms with Crippen molar-refractivity contribution in [1.82, 2.24) is 5.32 Å². The molecule has 1 amide bonds. The van der Waals surface area contributed by atoms with Gasteiger partial charge < -0.3 is 14.8 Å². The second-order valence-electron chi connectivity index (χ2n) is 1.64. The lowest BCUT2D eigenvalue weighted by atomic mass is 10.7. The molecule has 12 heavy (non-hydrogen) atoms. The normalized spacial score (nSPS) is 8.00. The van der Waals surface area contributed by atoms with Gasteiger partial charge >= 0.3 is 6.09 Å². The van der Waals surface area contributed by atoms with Crippen molar-refractivity contribution in [2.45, 2.75) is 20.8 Å². The number of methoxy groups -OCH3 is 1. The van der Waals surface area contributed by atoms with E-state index in [4.69, 9.17) is 4.74 Å². The van der Waals surface area contributed by atoms with Gasteiger partial charge in [0.25, 0.3) is 0 Å². The first-order chi connectivity index (χ1) is 5.81. The van der Waals surface area contributed by atoms with Crippen LogP contribution in [-0.4, -0.2) is 33.0 Å². The third kappa shape index (κ3) is 12.0. The number of alkyl carbamates (subject to hydrolysis) is 1. The molecule has 0 unspecified atom stereocenters. The predicted molar refractivity (Wildman–Crippen MR) is 48.2 cm³/mol. The molecule has 0 aliphatic heterocycles. The third-order valence-electron chi connectivity index (χ3n) is 0.851. The van der Waals surface area contributed by atoms with Gasteiger partial charge in [-0.1, -0.05) is 13.8 Å². The van der Waals surface area contributed by atoms with Crippen LogP contribution in [0.5, 0.6) is 0 Å². The first-order valence-electron chi connectivity index (χ1n) is 4.20. The van der Waals surface area contributed by atoms with Crippen LogP contribution < -0.4 is 5.32 Å². The van der Waals surface area contributed by atoms with Gasteiger partial charge in [-0.25, -0.2) is 4.79 Å². The predicted octanol–water partition coefficient (Wildman–Crippen LogP) is 1.41. The summed E-state index contributed by atoms with van der Waals surface area (Å²) in [5, 5.41) is 2.50. The van der Waals surface area contributed by atoms with Crippen LogP contribution >= 0.6 is 0 Å². The highest BCUT2D eigenvalue weighted by molar-refractivity contribution is 5.66. The SMILES string of the molecule is CC.CCOC(=O)NCCOC. The Morgan fingerprint density at radius 3 is 2.42 bits per heavy atom. The van der Waals surface area contributed by atoms with E-state index in [-0.39, 0.29) is 6.09 Å². The molecular formula is C8H19NO3. The van der Waals surface area contributed by atoms with Crippen LogP contribution in [0.3, 0.4) is 0 Å². The fourth-order valence-electron chi connectivity index (χ4n) is 0.437. The summed E-state index contributed by atoms with van der Waals surface area (Å²) < 4.78 is 9.28. The van der Waals surface area contributed by atoms with E-state index >= 15 is 0 Å². The van der Waals surface area contributed by atoms with Crippen molar-refractivity contribution >= 4 is 6.09 Å². The van der Waals surface area contributed by atoms with Gasteiger partial charge in [0.2, 0.25) is 0 Å². The molecule has 0 aromatic rings. The summed E-state index contributed by atoms with van der Waals surface area (Å²) in [4.78, 5) is 10.5. The van der Waals surface area contributed by atoms with Crippen LogP contribution in [0.2, 0.25) is 0 Å². The number of carbonyl (C=O) groups is 1. The molecule has 0 aromatic heterocycles. The number of hydrogen-bond donors (Lipinski definition) is 1. The Kier molecular flexibility index (Phi) is 14.8. The molecule has 0 aromatic carbocycles. The lowest BCUT2D eigenvalue weighted by Gasteiger charge is -2.02. The summed E-state index contributed by atoms with van der Waals surface area (Å²) in [5.74, 6) is 0. The monoisotopic (exact) mass is 177 g/mol. The van der Waals surface area contributed by atoms with Gasteiger partial charge in [-0.3, -0.25) is 0 Å². The minimum absolute atomic E-state index is 0.389. The van der Waals surface area contributed by atoms with E-state index in [2.05, 4.69) is 10.1 Å². The third-order valence-corrected chi connectivity index (χ3v) is 0.851. The van der Waals surface area contributed by atoms with Crippen LogP contribution in [0.15, 0.2) is 0 Å². The van der Waals surface area contributed by atoms with Crippen molar-refractivity contribution < 1.29 is 14.3 Å². The molecule has 4 nitrogen and oxygen atoms in total. The molecule has 1 N–H and O–H groups in total. The van der Waals surface area contributed by atoms with Crippen molar-refractivity contribution in [1.29, 1.82) is 0 Å². The fraction of sp³-hybridized carbons (Fsp3) is 0.875. The van der Waals surface area contributed by atoms with Gasteiger partial charge in [0.15, 0.2) is 0 Å². The van der Waals surface area contributed by atoms with Crippen LogP contribution in [0, 0.1) is 0 Å². The first kappa shape index (κ1) is 13.8. The van der Waals surface area contributed by atoms with E-state index in [1.165, 1.54) is 0 Å². The Labute approximate surface area is 74.2 Å². The highest BCUT2D eigenvalue weighted by atomic mass is 16.5. The molecule has 0 aliphatic carbocycles. The van der Waals surface area contributed by atoms with E-state index in [1.807, 2.05) is 13.8 Å². The molecule has 0 bridgehead atoms. The minimum Gasteiger partial charge on any atom is -0.450 e. The molecule has 0 saturated heterocycles. The Morgan fingerprint density at radius 1 is 1.42 bits per heavy atom. The zero-order chi connectivity index (χ0) is 9.82. The number of nitrogens with one attached hydrogen (secondary N) is 1. The van der Waals surface area contributed by atoms with Crippen LogP contribution in [0.25, 0.3) is 0 Å². The molecule has 74 valence electrons. The summed E-state index contributed by atoms with van der Waals surface area (Å²) in [6.45, 7) is 7.17. The van der Waals surface area contributed by atoms with Crippen molar-refractivity contribution in [3.8, 4) is 0 Å². The standard InChI is InChI=1S/C6H13NO3.C2H6/c1-3-10-6(8)7-4-5-9-2;1-2/h3-5H2,1-2H3,(H,7,8);1-2H3. The topological polar surface area (TPSA) is 47.6 Å². The zero-order valence-corrected chi connectivity index (χ0v) is 8.35. The van der Waals surface area contributed by atoms with Crippen molar-refractivity contribution in [2.75, 3.05) is 26.9 Å². The van der Waals surface area contributed by atoms with Crippen molar-refractivity contribution in [2.24, 2.45) is 0 Å². The molecular weight excluding hydrogens is 158 g/mol. The van der Waals surface area contributed by atoms with E-state index in [0.29, 0.717) is 19.8 Å². The fourth-order valence-corrected chi connectivity index (χ4v) is 0.437. The van der Waals surface area contributed by atoms with E-state index in [0.717, 1.165) is 0 Å². The maximum atomic E-state index is 10.5. The van der Waals surface area contributed by atoms with Crippen molar-refractivity contribution in [3.05, 3.63) is 0 Å². The Balaban J connectivity index is 0. The van der Waals surface area contributed by atoms with Gasteiger partial charge in [0.05, 0.1) is 13.2 Å². The Bertz CT molecular complexity index is 96.3. The first-order valence-corrected chi connectivity index (χ1v) is 4.20. The second kappa shape index (κ2) is 12.9. The smallest absolute Gasteiger partial charge is 0.407 e. The van der Waals surface area contributed by atoms with Gasteiger partial charge in [-0.2, -0.15) is 0 Å². The van der Waals surface area contributed by atoms with Crippen LogP contribution in [0.4, 0.5) is 4.79 Å². The molecule has 0 radical (unpaired) electrons. The number of rotatable bonds is 4. The molecule has 4 heteroatoms. The average Bonchev–Trinajstić information content (AvgIpc) is 2.09. The van der Waals surface area contributed by atoms with Gasteiger partial charge in [0.1, 0.15) is 0 Å². The van der Waals surface area contributed by atoms with Gasteiger partial charge in [-0.05, 0) is 6.92 Å². The Morgan fingerprint density at radius 2 is 2.00 bits per heavy atom. The summed E-state index contributed by atoms with van der Waals surface area (Å²) in [6.07, 6.45) is -0.389. The number of hydrogen-bond acceptors (Lipinski definition) is 3. The number of amides is 1. The summed E-state index contributed by atoms with van der Waals surface area (Å²) in [7, 11) is 1.58. The molecule has 0 atom stereocenters. The number of ether oxygens (including phenoxy) is 2. The maximum Gasteiger partial charge on any atom is 0.407 e. The molecule has 0 fully saturated rings. The lowest BCUT2D eigenvalue weighted by molar-refractivity contribution is 0.144. The number of carbonyl (C=O) groups excluding carboxylic acids is 1. The highest BCUT2D eigenvalue weighted by Crippen LogP contribution is 1.74. The van der Waals surface area contributed by atoms with Crippen LogP contribution in [0.1, 0.15) is 20.8 Å². The van der Waals surface area contributed by atoms with E-state index in [1.54, 1.807) is 14.0 Å². The van der Waals surface area contributed by atoms with Crippen LogP contribution in [-0.2, 0) is 9.47 Å². The Hall–Kier alpha value is -0.770. The molecule has 0 rings (SSSR count). The zero-order valence-electron chi connectivity index (χ0n) is 8.35. The minimum atomic E-state index is -0.389. The molecule has 0 heterocycles. The lowest BCUT2D eigenvalue weighted by Crippen LogP contribution is -2.27. The highest BCUT2D eigenvalue weighted by Gasteiger charge is 1.96. The average molecular weight is 177 g/mol. The molecule has 0 aliphatic rings. The van der Waals surface area contributed by atoms with Gasteiger partial charge in [0, 0.05) is 13.7 Å². The second-order valence-corrected chi connectivity index (χ2v) is 1.64. The van der Waals surface area contributed by atoms with E-state index in [9.17, 15) is 4.79 Å². The summed E-state index contributed by atoms with van der Waals surface area (Å²) >= 11 is 0. The van der Waals surface area contributed by atoms with Crippen molar-refractivity contribution in [3.63, 3.8) is 0 Å². The maximum absolute atomic E-state index is 10.5. The quantitative estimate of drug-likeness (QED) is 0.660. The largest absolute Gasteiger partial charge is 0.450 e. The molecule has 0 spiro atoms. The summed E-state index contributed by atoms with van der Waals surface area (Å²) in [6, 6.07) is 0. The summed E-state index contributed by atoms with van der Waals surface area (Å²) in [5.41, 5.74) is 0. The van der Waals surface area contributed by atoms with E-state index < -0.39 is 0 Å².